The number of phenolic OH excluding ortho intramolecular Hbond substituents is 1. The standard InChI is InChI=1S/C35H62O3/c1-27(2)23-21-19-17-15-13-11-10-12-14-16-18-20-22-24-38-33(37)28(3)29-25-30(34(4,5)6)32(36)31(26-29)35(7,8)9/h25-28,36H,10-24H2,1-9H3. The van der Waals surface area contributed by atoms with Gasteiger partial charge in [-0.2, -0.15) is 0 Å². The Kier molecular flexibility index (Phi) is 15.7. The normalized spacial score (nSPS) is 13.2. The SMILES string of the molecule is CC(C)CCCCCCCCCCCCCCCOC(=O)C(C)c1cc(C(C)(C)C)c(O)c(C(C)(C)C)c1. The fourth-order valence-corrected chi connectivity index (χ4v) is 5.08. The van der Waals surface area contributed by atoms with Crippen molar-refractivity contribution in [3.8, 4) is 5.75 Å². The number of hydrogen-bond donors (Lipinski definition) is 1. The molecular weight excluding hydrogens is 468 g/mol. The van der Waals surface area contributed by atoms with E-state index in [4.69, 9.17) is 4.74 Å². The van der Waals surface area contributed by atoms with Gasteiger partial charge in [-0.15, -0.1) is 0 Å². The molecule has 0 aliphatic heterocycles. The monoisotopic (exact) mass is 530 g/mol. The van der Waals surface area contributed by atoms with Crippen molar-refractivity contribution >= 4 is 5.97 Å². The van der Waals surface area contributed by atoms with Crippen molar-refractivity contribution in [2.75, 3.05) is 6.61 Å². The molecule has 0 aromatic heterocycles. The molecule has 1 aromatic carbocycles. The Morgan fingerprint density at radius 3 is 1.42 bits per heavy atom. The predicted octanol–water partition coefficient (Wildman–Crippen LogP) is 10.8. The van der Waals surface area contributed by atoms with Gasteiger partial charge in [0.1, 0.15) is 5.75 Å². The van der Waals surface area contributed by atoms with Gasteiger partial charge in [-0.25, -0.2) is 0 Å². The van der Waals surface area contributed by atoms with E-state index in [0.717, 1.165) is 35.4 Å². The molecule has 0 amide bonds. The lowest BCUT2D eigenvalue weighted by Crippen LogP contribution is -2.20. The number of ether oxygens (including phenoxy) is 1. The lowest BCUT2D eigenvalue weighted by molar-refractivity contribution is -0.145. The maximum atomic E-state index is 12.8. The predicted molar refractivity (Wildman–Crippen MR) is 164 cm³/mol. The van der Waals surface area contributed by atoms with Crippen LogP contribution >= 0.6 is 0 Å². The van der Waals surface area contributed by atoms with Gasteiger partial charge in [0.15, 0.2) is 0 Å². The van der Waals surface area contributed by atoms with Crippen LogP contribution in [0.4, 0.5) is 0 Å². The molecule has 1 aromatic rings. The molecule has 1 rings (SSSR count). The van der Waals surface area contributed by atoms with Crippen molar-refractivity contribution in [2.45, 2.75) is 169 Å². The Bertz CT molecular complexity index is 759. The molecule has 3 heteroatoms. The molecule has 220 valence electrons. The molecule has 0 spiro atoms. The van der Waals surface area contributed by atoms with Crippen molar-refractivity contribution < 1.29 is 14.6 Å². The zero-order valence-electron chi connectivity index (χ0n) is 26.7. The van der Waals surface area contributed by atoms with Gasteiger partial charge in [0.2, 0.25) is 0 Å². The number of hydrogen-bond acceptors (Lipinski definition) is 3. The minimum Gasteiger partial charge on any atom is -0.507 e. The van der Waals surface area contributed by atoms with Gasteiger partial charge in [-0.3, -0.25) is 4.79 Å². The number of rotatable bonds is 18. The van der Waals surface area contributed by atoms with Crippen LogP contribution < -0.4 is 0 Å². The maximum Gasteiger partial charge on any atom is 0.313 e. The van der Waals surface area contributed by atoms with Crippen molar-refractivity contribution in [1.29, 1.82) is 0 Å². The maximum absolute atomic E-state index is 12.8. The molecule has 0 heterocycles. The van der Waals surface area contributed by atoms with Gasteiger partial charge < -0.3 is 9.84 Å². The van der Waals surface area contributed by atoms with Crippen molar-refractivity contribution in [1.82, 2.24) is 0 Å². The van der Waals surface area contributed by atoms with Crippen LogP contribution in [0.5, 0.6) is 5.75 Å². The average Bonchev–Trinajstić information content (AvgIpc) is 2.81. The minimum atomic E-state index is -0.349. The molecule has 0 fully saturated rings. The van der Waals surface area contributed by atoms with E-state index in [-0.39, 0.29) is 22.7 Å². The first-order valence-electron chi connectivity index (χ1n) is 15.8. The molecule has 1 atom stereocenters. The first-order chi connectivity index (χ1) is 17.7. The summed E-state index contributed by atoms with van der Waals surface area (Å²) in [7, 11) is 0. The third kappa shape index (κ3) is 13.5. The van der Waals surface area contributed by atoms with Gasteiger partial charge in [0.25, 0.3) is 0 Å². The smallest absolute Gasteiger partial charge is 0.313 e. The Balaban J connectivity index is 2.26. The zero-order valence-corrected chi connectivity index (χ0v) is 26.7. The molecule has 0 radical (unpaired) electrons. The number of phenols is 1. The molecule has 0 aliphatic carbocycles. The van der Waals surface area contributed by atoms with Crippen LogP contribution in [-0.2, 0) is 20.4 Å². The molecule has 0 saturated carbocycles. The largest absolute Gasteiger partial charge is 0.507 e. The lowest BCUT2D eigenvalue weighted by Gasteiger charge is -2.29. The van der Waals surface area contributed by atoms with Gasteiger partial charge in [-0.05, 0) is 46.8 Å². The van der Waals surface area contributed by atoms with E-state index in [9.17, 15) is 9.90 Å². The Morgan fingerprint density at radius 2 is 1.05 bits per heavy atom. The second-order valence-corrected chi connectivity index (χ2v) is 14.1. The van der Waals surface area contributed by atoms with E-state index in [1.54, 1.807) is 0 Å². The number of benzene rings is 1. The van der Waals surface area contributed by atoms with E-state index in [1.807, 2.05) is 19.1 Å². The van der Waals surface area contributed by atoms with Crippen LogP contribution in [0.15, 0.2) is 12.1 Å². The zero-order chi connectivity index (χ0) is 28.8. The van der Waals surface area contributed by atoms with Crippen molar-refractivity contribution in [3.05, 3.63) is 28.8 Å². The highest BCUT2D eigenvalue weighted by Crippen LogP contribution is 2.41. The summed E-state index contributed by atoms with van der Waals surface area (Å²) in [5.74, 6) is 0.685. The Labute approximate surface area is 236 Å². The fraction of sp³-hybridized carbons (Fsp3) is 0.800. The second-order valence-electron chi connectivity index (χ2n) is 14.1. The third-order valence-corrected chi connectivity index (χ3v) is 7.77. The van der Waals surface area contributed by atoms with Crippen molar-refractivity contribution in [2.24, 2.45) is 5.92 Å². The van der Waals surface area contributed by atoms with Crippen LogP contribution in [0.2, 0.25) is 0 Å². The lowest BCUT2D eigenvalue weighted by atomic mass is 9.77. The van der Waals surface area contributed by atoms with Crippen LogP contribution in [0.25, 0.3) is 0 Å². The molecule has 38 heavy (non-hydrogen) atoms. The summed E-state index contributed by atoms with van der Waals surface area (Å²) in [5.41, 5.74) is 2.27. The number of unbranched alkanes of at least 4 members (excludes halogenated alkanes) is 12. The molecule has 3 nitrogen and oxygen atoms in total. The van der Waals surface area contributed by atoms with E-state index in [0.29, 0.717) is 12.4 Å². The summed E-state index contributed by atoms with van der Waals surface area (Å²) in [5, 5.41) is 11.0. The third-order valence-electron chi connectivity index (χ3n) is 7.77. The van der Waals surface area contributed by atoms with E-state index in [1.165, 1.54) is 77.0 Å². The van der Waals surface area contributed by atoms with Crippen LogP contribution in [0.1, 0.15) is 175 Å². The number of esters is 1. The molecule has 1 unspecified atom stereocenters. The highest BCUT2D eigenvalue weighted by Gasteiger charge is 2.29. The minimum absolute atomic E-state index is 0.171. The number of aromatic hydroxyl groups is 1. The highest BCUT2D eigenvalue weighted by atomic mass is 16.5. The van der Waals surface area contributed by atoms with Gasteiger partial charge in [0.05, 0.1) is 12.5 Å². The highest BCUT2D eigenvalue weighted by molar-refractivity contribution is 5.78. The summed E-state index contributed by atoms with van der Waals surface area (Å²) in [6.45, 7) is 19.6. The number of carbonyl (C=O) groups is 1. The summed E-state index contributed by atoms with van der Waals surface area (Å²) in [6, 6.07) is 3.98. The molecule has 0 bridgehead atoms. The first kappa shape index (κ1) is 34.5. The first-order valence-corrected chi connectivity index (χ1v) is 15.8. The molecular formula is C35H62O3. The average molecular weight is 531 g/mol. The fourth-order valence-electron chi connectivity index (χ4n) is 5.08. The Hall–Kier alpha value is -1.51. The topological polar surface area (TPSA) is 46.5 Å². The summed E-state index contributed by atoms with van der Waals surface area (Å²) in [4.78, 5) is 12.8. The van der Waals surface area contributed by atoms with E-state index < -0.39 is 0 Å². The summed E-state index contributed by atoms with van der Waals surface area (Å²) >= 11 is 0. The van der Waals surface area contributed by atoms with Crippen molar-refractivity contribution in [3.63, 3.8) is 0 Å². The Morgan fingerprint density at radius 1 is 0.684 bits per heavy atom. The van der Waals surface area contributed by atoms with Crippen LogP contribution in [0.3, 0.4) is 0 Å². The summed E-state index contributed by atoms with van der Waals surface area (Å²) < 4.78 is 5.66. The van der Waals surface area contributed by atoms with E-state index >= 15 is 0 Å². The van der Waals surface area contributed by atoms with Gasteiger partial charge in [-0.1, -0.05) is 151 Å². The second kappa shape index (κ2) is 17.2. The molecule has 1 N–H and O–H groups in total. The van der Waals surface area contributed by atoms with E-state index in [2.05, 4.69) is 55.4 Å². The summed E-state index contributed by atoms with van der Waals surface area (Å²) in [6.07, 6.45) is 18.5. The van der Waals surface area contributed by atoms with Gasteiger partial charge in [0, 0.05) is 0 Å². The molecule has 0 aliphatic rings. The quantitative estimate of drug-likeness (QED) is 0.152. The van der Waals surface area contributed by atoms with Crippen LogP contribution in [0, 0.1) is 5.92 Å². The van der Waals surface area contributed by atoms with Crippen LogP contribution in [-0.4, -0.2) is 17.7 Å². The van der Waals surface area contributed by atoms with Gasteiger partial charge >= 0.3 is 5.97 Å². The number of carbonyl (C=O) groups excluding carboxylic acids is 1. The molecule has 0 saturated heterocycles.